The van der Waals surface area contributed by atoms with Crippen LogP contribution >= 0.6 is 0 Å². The Bertz CT molecular complexity index is 782. The highest BCUT2D eigenvalue weighted by molar-refractivity contribution is 5.99. The van der Waals surface area contributed by atoms with Gasteiger partial charge in [0.2, 0.25) is 0 Å². The zero-order chi connectivity index (χ0) is 19.1. The Hall–Kier alpha value is -2.82. The highest BCUT2D eigenvalue weighted by Gasteiger charge is 2.36. The molecule has 0 aliphatic heterocycles. The van der Waals surface area contributed by atoms with Crippen molar-refractivity contribution in [1.82, 2.24) is 0 Å². The molecule has 0 spiro atoms. The second kappa shape index (κ2) is 8.71. The topological polar surface area (TPSA) is 64.6 Å². The number of nitrogens with one attached hydrogen (secondary N) is 1. The van der Waals surface area contributed by atoms with E-state index in [9.17, 15) is 9.59 Å². The number of benzene rings is 2. The maximum atomic E-state index is 12.7. The van der Waals surface area contributed by atoms with Gasteiger partial charge in [-0.3, -0.25) is 5.32 Å². The molecule has 2 aromatic carbocycles. The first-order valence-corrected chi connectivity index (χ1v) is 9.42. The first-order valence-electron chi connectivity index (χ1n) is 9.42. The molecule has 5 nitrogen and oxygen atoms in total. The summed E-state index contributed by atoms with van der Waals surface area (Å²) in [4.78, 5) is 24.9. The second-order valence-corrected chi connectivity index (χ2v) is 6.87. The first kappa shape index (κ1) is 19.0. The highest BCUT2D eigenvalue weighted by atomic mass is 16.6. The zero-order valence-corrected chi connectivity index (χ0v) is 15.6. The lowest BCUT2D eigenvalue weighted by Crippen LogP contribution is -2.31. The molecule has 1 aliphatic carbocycles. The van der Waals surface area contributed by atoms with Crippen molar-refractivity contribution in [3.8, 4) is 0 Å². The number of hydrogen-bond donors (Lipinski definition) is 1. The van der Waals surface area contributed by atoms with Crippen molar-refractivity contribution in [3.05, 3.63) is 65.7 Å². The predicted molar refractivity (Wildman–Crippen MR) is 104 cm³/mol. The molecule has 142 valence electrons. The van der Waals surface area contributed by atoms with Gasteiger partial charge in [-0.1, -0.05) is 49.4 Å². The fourth-order valence-corrected chi connectivity index (χ4v) is 3.44. The van der Waals surface area contributed by atoms with Crippen molar-refractivity contribution in [1.29, 1.82) is 0 Å². The SMILES string of the molecule is CCC1(OC(=O)c2ccccc2NC(=O)OCc2ccccc2)CCCC1. The summed E-state index contributed by atoms with van der Waals surface area (Å²) in [5, 5.41) is 2.66. The van der Waals surface area contributed by atoms with E-state index in [-0.39, 0.29) is 12.2 Å². The molecule has 0 atom stereocenters. The van der Waals surface area contributed by atoms with Crippen molar-refractivity contribution in [2.75, 3.05) is 5.32 Å². The summed E-state index contributed by atoms with van der Waals surface area (Å²) < 4.78 is 11.1. The Morgan fingerprint density at radius 3 is 2.37 bits per heavy atom. The van der Waals surface area contributed by atoms with Crippen LogP contribution in [0.5, 0.6) is 0 Å². The normalized spacial score (nSPS) is 15.1. The molecule has 1 N–H and O–H groups in total. The van der Waals surface area contributed by atoms with Gasteiger partial charge in [0, 0.05) is 0 Å². The third-order valence-electron chi connectivity index (χ3n) is 5.06. The molecule has 27 heavy (non-hydrogen) atoms. The van der Waals surface area contributed by atoms with E-state index < -0.39 is 12.1 Å². The van der Waals surface area contributed by atoms with Gasteiger partial charge in [-0.25, -0.2) is 9.59 Å². The molecule has 5 heteroatoms. The van der Waals surface area contributed by atoms with E-state index in [0.717, 1.165) is 37.7 Å². The molecular formula is C22H25NO4. The number of para-hydroxylation sites is 1. The van der Waals surface area contributed by atoms with E-state index in [1.165, 1.54) is 0 Å². The Morgan fingerprint density at radius 2 is 1.67 bits per heavy atom. The van der Waals surface area contributed by atoms with Crippen LogP contribution in [0.4, 0.5) is 10.5 Å². The van der Waals surface area contributed by atoms with Crippen LogP contribution < -0.4 is 5.32 Å². The molecule has 0 saturated heterocycles. The number of ether oxygens (including phenoxy) is 2. The number of anilines is 1. The maximum absolute atomic E-state index is 12.7. The molecule has 3 rings (SSSR count). The molecule has 1 saturated carbocycles. The lowest BCUT2D eigenvalue weighted by molar-refractivity contribution is -0.0171. The number of esters is 1. The highest BCUT2D eigenvalue weighted by Crippen LogP contribution is 2.37. The maximum Gasteiger partial charge on any atom is 0.411 e. The third-order valence-corrected chi connectivity index (χ3v) is 5.06. The van der Waals surface area contributed by atoms with Crippen LogP contribution in [0.3, 0.4) is 0 Å². The number of rotatable bonds is 6. The van der Waals surface area contributed by atoms with Crippen LogP contribution in [0, 0.1) is 0 Å². The number of hydrogen-bond acceptors (Lipinski definition) is 4. The van der Waals surface area contributed by atoms with Crippen molar-refractivity contribution in [2.24, 2.45) is 0 Å². The summed E-state index contributed by atoms with van der Waals surface area (Å²) in [6, 6.07) is 16.3. The number of carbonyl (C=O) groups is 2. The van der Waals surface area contributed by atoms with Gasteiger partial charge in [0.25, 0.3) is 0 Å². The molecule has 0 aromatic heterocycles. The molecular weight excluding hydrogens is 342 g/mol. The van der Waals surface area contributed by atoms with E-state index in [4.69, 9.17) is 9.47 Å². The van der Waals surface area contributed by atoms with Gasteiger partial charge < -0.3 is 9.47 Å². The second-order valence-electron chi connectivity index (χ2n) is 6.87. The average molecular weight is 367 g/mol. The minimum Gasteiger partial charge on any atom is -0.455 e. The summed E-state index contributed by atoms with van der Waals surface area (Å²) in [6.07, 6.45) is 4.13. The van der Waals surface area contributed by atoms with E-state index in [0.29, 0.717) is 11.3 Å². The molecule has 1 fully saturated rings. The van der Waals surface area contributed by atoms with Gasteiger partial charge in [0.15, 0.2) is 0 Å². The largest absolute Gasteiger partial charge is 0.455 e. The Labute approximate surface area is 159 Å². The van der Waals surface area contributed by atoms with E-state index in [1.807, 2.05) is 37.3 Å². The van der Waals surface area contributed by atoms with Crippen molar-refractivity contribution in [2.45, 2.75) is 51.2 Å². The minimum atomic E-state index is -0.606. The van der Waals surface area contributed by atoms with Crippen LogP contribution in [-0.4, -0.2) is 17.7 Å². The standard InChI is InChI=1S/C22H25NO4/c1-2-22(14-8-9-15-22)27-20(24)18-12-6-7-13-19(18)23-21(25)26-16-17-10-4-3-5-11-17/h3-7,10-13H,2,8-9,14-16H2,1H3,(H,23,25). The number of amides is 1. The Morgan fingerprint density at radius 1 is 1.00 bits per heavy atom. The quantitative estimate of drug-likeness (QED) is 0.702. The van der Waals surface area contributed by atoms with Gasteiger partial charge in [-0.2, -0.15) is 0 Å². The van der Waals surface area contributed by atoms with Crippen LogP contribution in [0.2, 0.25) is 0 Å². The van der Waals surface area contributed by atoms with Gasteiger partial charge in [0.1, 0.15) is 12.2 Å². The molecule has 2 aromatic rings. The molecule has 0 heterocycles. The van der Waals surface area contributed by atoms with Gasteiger partial charge in [-0.15, -0.1) is 0 Å². The lowest BCUT2D eigenvalue weighted by atomic mass is 9.98. The van der Waals surface area contributed by atoms with Crippen molar-refractivity contribution in [3.63, 3.8) is 0 Å². The summed E-state index contributed by atoms with van der Waals surface area (Å²) in [5.74, 6) is -0.405. The Balaban J connectivity index is 1.64. The van der Waals surface area contributed by atoms with Crippen LogP contribution in [0.25, 0.3) is 0 Å². The van der Waals surface area contributed by atoms with E-state index >= 15 is 0 Å². The summed E-state index contributed by atoms with van der Waals surface area (Å²) in [6.45, 7) is 2.21. The van der Waals surface area contributed by atoms with E-state index in [2.05, 4.69) is 5.32 Å². The predicted octanol–water partition coefficient (Wildman–Crippen LogP) is 5.31. The van der Waals surface area contributed by atoms with Gasteiger partial charge in [0.05, 0.1) is 11.3 Å². The monoisotopic (exact) mass is 367 g/mol. The minimum absolute atomic E-state index is 0.165. The fourth-order valence-electron chi connectivity index (χ4n) is 3.44. The van der Waals surface area contributed by atoms with Crippen LogP contribution in [0.1, 0.15) is 54.9 Å². The van der Waals surface area contributed by atoms with Gasteiger partial charge in [-0.05, 0) is 49.8 Å². The fraction of sp³-hybridized carbons (Fsp3) is 0.364. The molecule has 0 unspecified atom stereocenters. The zero-order valence-electron chi connectivity index (χ0n) is 15.6. The molecule has 1 amide bonds. The molecule has 0 bridgehead atoms. The smallest absolute Gasteiger partial charge is 0.411 e. The number of carbonyl (C=O) groups excluding carboxylic acids is 2. The summed E-state index contributed by atoms with van der Waals surface area (Å²) in [7, 11) is 0. The Kier molecular flexibility index (Phi) is 6.12. The van der Waals surface area contributed by atoms with Crippen molar-refractivity contribution >= 4 is 17.7 Å². The van der Waals surface area contributed by atoms with E-state index in [1.54, 1.807) is 24.3 Å². The summed E-state index contributed by atoms with van der Waals surface area (Å²) in [5.41, 5.74) is 1.25. The van der Waals surface area contributed by atoms with Crippen molar-refractivity contribution < 1.29 is 19.1 Å². The lowest BCUT2D eigenvalue weighted by Gasteiger charge is -2.28. The van der Waals surface area contributed by atoms with Crippen LogP contribution in [-0.2, 0) is 16.1 Å². The third kappa shape index (κ3) is 4.88. The first-order chi connectivity index (χ1) is 13.1. The molecule has 0 radical (unpaired) electrons. The summed E-state index contributed by atoms with van der Waals surface area (Å²) >= 11 is 0. The van der Waals surface area contributed by atoms with Crippen LogP contribution in [0.15, 0.2) is 54.6 Å². The molecule has 1 aliphatic rings. The van der Waals surface area contributed by atoms with Gasteiger partial charge >= 0.3 is 12.1 Å². The average Bonchev–Trinajstić information content (AvgIpc) is 3.16.